The van der Waals surface area contributed by atoms with Crippen molar-refractivity contribution in [2.24, 2.45) is 0 Å². The van der Waals surface area contributed by atoms with Crippen LogP contribution in [0.25, 0.3) is 16.7 Å². The molecule has 0 radical (unpaired) electrons. The number of rotatable bonds is 1. The van der Waals surface area contributed by atoms with Crippen LogP contribution in [0.2, 0.25) is 0 Å². The molecule has 0 saturated heterocycles. The predicted molar refractivity (Wildman–Crippen MR) is 58.6 cm³/mol. The summed E-state index contributed by atoms with van der Waals surface area (Å²) >= 11 is 0. The number of halogens is 3. The molecule has 0 aliphatic heterocycles. The maximum Gasteiger partial charge on any atom is 0.416 e. The quantitative estimate of drug-likeness (QED) is 0.726. The van der Waals surface area contributed by atoms with Crippen LogP contribution in [0.15, 0.2) is 24.3 Å². The smallest absolute Gasteiger partial charge is 0.416 e. The summed E-state index contributed by atoms with van der Waals surface area (Å²) in [6.07, 6.45) is -4.35. The second-order valence-corrected chi connectivity index (χ2v) is 3.84. The molecule has 3 aromatic rings. The summed E-state index contributed by atoms with van der Waals surface area (Å²) in [6.45, 7) is 0. The van der Waals surface area contributed by atoms with E-state index in [9.17, 15) is 13.2 Å². The maximum atomic E-state index is 12.6. The highest BCUT2D eigenvalue weighted by atomic mass is 19.4. The highest BCUT2D eigenvalue weighted by molar-refractivity contribution is 5.81. The number of alkyl halides is 3. The van der Waals surface area contributed by atoms with Crippen LogP contribution in [0.5, 0.6) is 5.88 Å². The molecule has 0 spiro atoms. The summed E-state index contributed by atoms with van der Waals surface area (Å²) in [5, 5.41) is 4.09. The molecule has 7 heteroatoms. The number of aromatic amines is 1. The molecule has 0 fully saturated rings. The lowest BCUT2D eigenvalue weighted by Crippen LogP contribution is -2.04. The molecule has 0 atom stereocenters. The van der Waals surface area contributed by atoms with Gasteiger partial charge in [-0.2, -0.15) is 13.2 Å². The van der Waals surface area contributed by atoms with Crippen LogP contribution in [0.3, 0.4) is 0 Å². The molecule has 1 N–H and O–H groups in total. The largest absolute Gasteiger partial charge is 0.480 e. The number of aromatic nitrogens is 3. The highest BCUT2D eigenvalue weighted by Gasteiger charge is 2.30. The van der Waals surface area contributed by atoms with Crippen LogP contribution in [0, 0.1) is 0 Å². The van der Waals surface area contributed by atoms with E-state index < -0.39 is 11.7 Å². The second-order valence-electron chi connectivity index (χ2n) is 3.84. The van der Waals surface area contributed by atoms with Gasteiger partial charge in [0.15, 0.2) is 0 Å². The summed E-state index contributed by atoms with van der Waals surface area (Å²) in [4.78, 5) is 2.87. The first-order valence-corrected chi connectivity index (χ1v) is 5.12. The van der Waals surface area contributed by atoms with Gasteiger partial charge in [0.05, 0.1) is 23.7 Å². The Bertz CT molecular complexity index is 726. The first-order chi connectivity index (χ1) is 8.49. The van der Waals surface area contributed by atoms with Crippen molar-refractivity contribution in [1.29, 1.82) is 0 Å². The Morgan fingerprint density at radius 2 is 2.06 bits per heavy atom. The molecule has 3 rings (SSSR count). The number of H-pyrrole nitrogens is 1. The average molecular weight is 255 g/mol. The molecular weight excluding hydrogens is 247 g/mol. The van der Waals surface area contributed by atoms with Crippen LogP contribution in [-0.4, -0.2) is 21.7 Å². The molecule has 0 aliphatic carbocycles. The van der Waals surface area contributed by atoms with Gasteiger partial charge in [-0.1, -0.05) is 0 Å². The van der Waals surface area contributed by atoms with Crippen LogP contribution >= 0.6 is 0 Å². The molecule has 0 aliphatic rings. The number of imidazole rings is 1. The van der Waals surface area contributed by atoms with Gasteiger partial charge < -0.3 is 9.72 Å². The van der Waals surface area contributed by atoms with Crippen molar-refractivity contribution in [3.8, 4) is 5.88 Å². The zero-order chi connectivity index (χ0) is 12.9. The number of fused-ring (bicyclic) bond motifs is 3. The highest BCUT2D eigenvalue weighted by Crippen LogP contribution is 2.31. The topological polar surface area (TPSA) is 42.3 Å². The van der Waals surface area contributed by atoms with Crippen LogP contribution in [0.4, 0.5) is 13.2 Å². The third-order valence-electron chi connectivity index (χ3n) is 2.71. The summed E-state index contributed by atoms with van der Waals surface area (Å²) in [5.74, 6) is 0.406. The second kappa shape index (κ2) is 3.41. The van der Waals surface area contributed by atoms with E-state index in [1.54, 1.807) is 6.07 Å². The summed E-state index contributed by atoms with van der Waals surface area (Å²) in [7, 11) is 1.48. The zero-order valence-electron chi connectivity index (χ0n) is 9.25. The van der Waals surface area contributed by atoms with Gasteiger partial charge in [0.1, 0.15) is 5.65 Å². The first-order valence-electron chi connectivity index (χ1n) is 5.12. The lowest BCUT2D eigenvalue weighted by Gasteiger charge is -2.05. The zero-order valence-corrected chi connectivity index (χ0v) is 9.25. The van der Waals surface area contributed by atoms with Gasteiger partial charge in [-0.05, 0) is 18.2 Å². The number of nitrogens with zero attached hydrogens (tertiary/aromatic N) is 2. The molecule has 94 valence electrons. The molecule has 2 heterocycles. The van der Waals surface area contributed by atoms with E-state index in [1.807, 2.05) is 0 Å². The molecule has 2 aromatic heterocycles. The van der Waals surface area contributed by atoms with Gasteiger partial charge in [-0.3, -0.25) is 0 Å². The van der Waals surface area contributed by atoms with Crippen molar-refractivity contribution in [2.45, 2.75) is 6.18 Å². The van der Waals surface area contributed by atoms with E-state index in [1.165, 1.54) is 17.7 Å². The lowest BCUT2D eigenvalue weighted by atomic mass is 10.2. The molecule has 18 heavy (non-hydrogen) atoms. The van der Waals surface area contributed by atoms with Crippen molar-refractivity contribution in [1.82, 2.24) is 14.6 Å². The van der Waals surface area contributed by atoms with Crippen molar-refractivity contribution in [2.75, 3.05) is 7.11 Å². The van der Waals surface area contributed by atoms with Crippen LogP contribution in [0.1, 0.15) is 5.56 Å². The van der Waals surface area contributed by atoms with E-state index in [0.717, 1.165) is 12.1 Å². The van der Waals surface area contributed by atoms with E-state index >= 15 is 0 Å². The Kier molecular flexibility index (Phi) is 2.07. The standard InChI is InChI=1S/C11H8F3N3O/c1-18-10-5-9-15-7-4-6(11(12,13)14)2-3-8(7)17(9)16-10/h2-5,15H,1H3. The van der Waals surface area contributed by atoms with E-state index in [-0.39, 0.29) is 0 Å². The minimum Gasteiger partial charge on any atom is -0.480 e. The minimum atomic E-state index is -4.35. The van der Waals surface area contributed by atoms with Gasteiger partial charge in [0.25, 0.3) is 0 Å². The Morgan fingerprint density at radius 3 is 2.72 bits per heavy atom. The van der Waals surface area contributed by atoms with Gasteiger partial charge in [-0.25, -0.2) is 4.52 Å². The molecule has 1 aromatic carbocycles. The molecule has 0 bridgehead atoms. The van der Waals surface area contributed by atoms with Gasteiger partial charge >= 0.3 is 6.18 Å². The van der Waals surface area contributed by atoms with Crippen molar-refractivity contribution in [3.05, 3.63) is 29.8 Å². The third-order valence-corrected chi connectivity index (χ3v) is 2.71. The van der Waals surface area contributed by atoms with Gasteiger partial charge in [-0.15, -0.1) is 5.10 Å². The van der Waals surface area contributed by atoms with Crippen molar-refractivity contribution < 1.29 is 17.9 Å². The SMILES string of the molecule is COc1cc2[nH]c3cc(C(F)(F)F)ccc3n2n1. The fraction of sp³-hybridized carbons (Fsp3) is 0.182. The fourth-order valence-corrected chi connectivity index (χ4v) is 1.87. The molecule has 0 unspecified atom stereocenters. The Balaban J connectivity index is 2.25. The lowest BCUT2D eigenvalue weighted by molar-refractivity contribution is -0.137. The Labute approximate surface area is 99.0 Å². The van der Waals surface area contributed by atoms with E-state index in [4.69, 9.17) is 4.74 Å². The van der Waals surface area contributed by atoms with Crippen molar-refractivity contribution >= 4 is 16.7 Å². The molecule has 4 nitrogen and oxygen atoms in total. The molecular formula is C11H8F3N3O. The molecule has 0 amide bonds. The van der Waals surface area contributed by atoms with Crippen LogP contribution in [-0.2, 0) is 6.18 Å². The van der Waals surface area contributed by atoms with Crippen molar-refractivity contribution in [3.63, 3.8) is 0 Å². The minimum absolute atomic E-state index is 0.384. The first kappa shape index (κ1) is 10.9. The maximum absolute atomic E-state index is 12.6. The molecule has 0 saturated carbocycles. The van der Waals surface area contributed by atoms with E-state index in [2.05, 4.69) is 10.1 Å². The Morgan fingerprint density at radius 1 is 1.28 bits per heavy atom. The predicted octanol–water partition coefficient (Wildman–Crippen LogP) is 2.84. The number of hydrogen-bond donors (Lipinski definition) is 1. The van der Waals surface area contributed by atoms with E-state index in [0.29, 0.717) is 22.6 Å². The normalized spacial score (nSPS) is 12.4. The van der Waals surface area contributed by atoms with Crippen LogP contribution < -0.4 is 4.74 Å². The monoisotopic (exact) mass is 255 g/mol. The number of ether oxygens (including phenoxy) is 1. The summed E-state index contributed by atoms with van der Waals surface area (Å²) in [5.41, 5.74) is 0.851. The number of nitrogens with one attached hydrogen (secondary N) is 1. The summed E-state index contributed by atoms with van der Waals surface area (Å²) in [6, 6.07) is 5.10. The Hall–Kier alpha value is -2.18. The number of methoxy groups -OCH3 is 1. The average Bonchev–Trinajstić information content (AvgIpc) is 2.83. The third kappa shape index (κ3) is 1.51. The van der Waals surface area contributed by atoms with Gasteiger partial charge in [0, 0.05) is 6.07 Å². The number of hydrogen-bond acceptors (Lipinski definition) is 2. The van der Waals surface area contributed by atoms with Gasteiger partial charge in [0.2, 0.25) is 5.88 Å². The number of benzene rings is 1. The fourth-order valence-electron chi connectivity index (χ4n) is 1.87. The summed E-state index contributed by atoms with van der Waals surface area (Å²) < 4.78 is 44.1.